The van der Waals surface area contributed by atoms with Crippen molar-refractivity contribution in [2.24, 2.45) is 5.41 Å². The van der Waals surface area contributed by atoms with E-state index in [9.17, 15) is 18.0 Å². The third kappa shape index (κ3) is 6.93. The van der Waals surface area contributed by atoms with Gasteiger partial charge in [0.2, 0.25) is 5.91 Å². The number of hydrogen-bond donors (Lipinski definition) is 3. The van der Waals surface area contributed by atoms with Crippen LogP contribution in [0.3, 0.4) is 0 Å². The Morgan fingerprint density at radius 2 is 1.49 bits per heavy atom. The summed E-state index contributed by atoms with van der Waals surface area (Å²) in [7, 11) is 0. The lowest BCUT2D eigenvalue weighted by atomic mass is 9.68. The van der Waals surface area contributed by atoms with Crippen LogP contribution in [0.5, 0.6) is 11.5 Å². The molecule has 5 rings (SSSR count). The highest BCUT2D eigenvalue weighted by molar-refractivity contribution is 5.91. The maximum atomic E-state index is 14.1. The SMILES string of the molecule is Cc1ccc(NC(=O)CC2(C)CCNCC2)cc1C1(Cc2ccc(Oc3cc(F)c(F)cc3F)cc2)CCNCC1. The van der Waals surface area contributed by atoms with Crippen molar-refractivity contribution in [1.82, 2.24) is 10.6 Å². The van der Waals surface area contributed by atoms with E-state index in [1.165, 1.54) is 11.1 Å². The smallest absolute Gasteiger partial charge is 0.224 e. The number of benzene rings is 3. The summed E-state index contributed by atoms with van der Waals surface area (Å²) in [6.07, 6.45) is 5.15. The first-order chi connectivity index (χ1) is 19.6. The number of amides is 1. The first kappa shape index (κ1) is 29.1. The average molecular weight is 566 g/mol. The number of aryl methyl sites for hydroxylation is 1. The van der Waals surface area contributed by atoms with Gasteiger partial charge in [-0.3, -0.25) is 4.79 Å². The second-order valence-electron chi connectivity index (χ2n) is 12.0. The zero-order chi connectivity index (χ0) is 29.0. The lowest BCUT2D eigenvalue weighted by Gasteiger charge is -2.40. The maximum absolute atomic E-state index is 14.1. The Morgan fingerprint density at radius 3 is 2.17 bits per heavy atom. The number of hydrogen-bond acceptors (Lipinski definition) is 4. The molecule has 0 aliphatic carbocycles. The molecule has 0 spiro atoms. The van der Waals surface area contributed by atoms with Crippen molar-refractivity contribution in [3.63, 3.8) is 0 Å². The molecule has 8 heteroatoms. The number of ether oxygens (including phenoxy) is 1. The van der Waals surface area contributed by atoms with Gasteiger partial charge in [-0.15, -0.1) is 0 Å². The van der Waals surface area contributed by atoms with E-state index < -0.39 is 17.5 Å². The van der Waals surface area contributed by atoms with E-state index in [2.05, 4.69) is 41.9 Å². The van der Waals surface area contributed by atoms with Gasteiger partial charge < -0.3 is 20.7 Å². The van der Waals surface area contributed by atoms with Gasteiger partial charge in [-0.25, -0.2) is 13.2 Å². The number of carbonyl (C=O) groups excluding carboxylic acids is 1. The lowest BCUT2D eigenvalue weighted by molar-refractivity contribution is -0.118. The van der Waals surface area contributed by atoms with Crippen LogP contribution >= 0.6 is 0 Å². The summed E-state index contributed by atoms with van der Waals surface area (Å²) in [6.45, 7) is 7.99. The summed E-state index contributed by atoms with van der Waals surface area (Å²) in [5.74, 6) is -3.37. The minimum atomic E-state index is -1.26. The number of nitrogens with one attached hydrogen (secondary N) is 3. The standard InChI is InChI=1S/C33H38F3N3O2/c1-22-3-6-24(39-31(40)21-32(2)9-13-37-14-10-32)17-26(22)33(11-15-38-16-12-33)20-23-4-7-25(8-5-23)41-30-19-28(35)27(34)18-29(30)36/h3-8,17-19,37-38H,9-16,20-21H2,1-2H3,(H,39,40). The van der Waals surface area contributed by atoms with E-state index in [0.717, 1.165) is 69.5 Å². The fraction of sp³-hybridized carbons (Fsp3) is 0.424. The van der Waals surface area contributed by atoms with Gasteiger partial charge in [-0.05, 0) is 112 Å². The van der Waals surface area contributed by atoms with Crippen LogP contribution in [0.1, 0.15) is 55.7 Å². The monoisotopic (exact) mass is 565 g/mol. The van der Waals surface area contributed by atoms with Crippen molar-refractivity contribution < 1.29 is 22.7 Å². The first-order valence-corrected chi connectivity index (χ1v) is 14.4. The van der Waals surface area contributed by atoms with Gasteiger partial charge in [0.25, 0.3) is 0 Å². The van der Waals surface area contributed by atoms with Crippen LogP contribution in [0.2, 0.25) is 0 Å². The van der Waals surface area contributed by atoms with Gasteiger partial charge in [0.15, 0.2) is 23.2 Å². The van der Waals surface area contributed by atoms with Crippen molar-refractivity contribution in [2.75, 3.05) is 31.5 Å². The molecule has 0 saturated carbocycles. The molecule has 3 N–H and O–H groups in total. The minimum absolute atomic E-state index is 0.0195. The molecule has 3 aromatic rings. The molecular weight excluding hydrogens is 527 g/mol. The largest absolute Gasteiger partial charge is 0.454 e. The van der Waals surface area contributed by atoms with Crippen molar-refractivity contribution >= 4 is 11.6 Å². The zero-order valence-electron chi connectivity index (χ0n) is 23.7. The topological polar surface area (TPSA) is 62.4 Å². The van der Waals surface area contributed by atoms with Crippen LogP contribution in [0, 0.1) is 29.8 Å². The number of rotatable bonds is 8. The fourth-order valence-electron chi connectivity index (χ4n) is 6.29. The highest BCUT2D eigenvalue weighted by atomic mass is 19.2. The molecule has 2 aliphatic rings. The molecule has 0 aromatic heterocycles. The molecule has 2 aliphatic heterocycles. The Kier molecular flexibility index (Phi) is 8.71. The van der Waals surface area contributed by atoms with Crippen LogP contribution in [-0.2, 0) is 16.6 Å². The van der Waals surface area contributed by atoms with Gasteiger partial charge in [-0.2, -0.15) is 0 Å². The molecule has 2 fully saturated rings. The van der Waals surface area contributed by atoms with Crippen LogP contribution in [-0.4, -0.2) is 32.1 Å². The van der Waals surface area contributed by atoms with Crippen LogP contribution < -0.4 is 20.7 Å². The molecule has 3 aromatic carbocycles. The van der Waals surface area contributed by atoms with Crippen molar-refractivity contribution in [2.45, 2.75) is 57.8 Å². The van der Waals surface area contributed by atoms with Crippen molar-refractivity contribution in [1.29, 1.82) is 0 Å². The highest BCUT2D eigenvalue weighted by Crippen LogP contribution is 2.40. The summed E-state index contributed by atoms with van der Waals surface area (Å²) in [5.41, 5.74) is 4.20. The highest BCUT2D eigenvalue weighted by Gasteiger charge is 2.36. The van der Waals surface area contributed by atoms with Gasteiger partial charge in [0.1, 0.15) is 5.75 Å². The molecule has 41 heavy (non-hydrogen) atoms. The summed E-state index contributed by atoms with van der Waals surface area (Å²) in [5, 5.41) is 10.0. The molecule has 2 saturated heterocycles. The molecule has 0 atom stereocenters. The summed E-state index contributed by atoms with van der Waals surface area (Å²) in [6, 6.07) is 14.7. The van der Waals surface area contributed by atoms with E-state index in [1.54, 1.807) is 12.1 Å². The normalized spacial score (nSPS) is 18.1. The number of piperidine rings is 2. The van der Waals surface area contributed by atoms with E-state index in [1.807, 2.05) is 18.2 Å². The average Bonchev–Trinajstić information content (AvgIpc) is 2.94. The van der Waals surface area contributed by atoms with E-state index in [4.69, 9.17) is 4.74 Å². The first-order valence-electron chi connectivity index (χ1n) is 14.4. The van der Waals surface area contributed by atoms with Crippen LogP contribution in [0.25, 0.3) is 0 Å². The Balaban J connectivity index is 1.33. The van der Waals surface area contributed by atoms with Crippen molar-refractivity contribution in [3.8, 4) is 11.5 Å². The Labute approximate surface area is 239 Å². The molecule has 218 valence electrons. The predicted molar refractivity (Wildman–Crippen MR) is 155 cm³/mol. The second-order valence-corrected chi connectivity index (χ2v) is 12.0. The summed E-state index contributed by atoms with van der Waals surface area (Å²) < 4.78 is 46.4. The van der Waals surface area contributed by atoms with Crippen LogP contribution in [0.15, 0.2) is 54.6 Å². The van der Waals surface area contributed by atoms with Gasteiger partial charge in [-0.1, -0.05) is 25.1 Å². The molecule has 0 radical (unpaired) electrons. The lowest BCUT2D eigenvalue weighted by Crippen LogP contribution is -2.42. The van der Waals surface area contributed by atoms with Gasteiger partial charge in [0.05, 0.1) is 0 Å². The van der Waals surface area contributed by atoms with Gasteiger partial charge >= 0.3 is 0 Å². The quantitative estimate of drug-likeness (QED) is 0.263. The summed E-state index contributed by atoms with van der Waals surface area (Å²) >= 11 is 0. The van der Waals surface area contributed by atoms with E-state index >= 15 is 0 Å². The maximum Gasteiger partial charge on any atom is 0.224 e. The Morgan fingerprint density at radius 1 is 0.854 bits per heavy atom. The molecule has 0 bridgehead atoms. The van der Waals surface area contributed by atoms with Crippen LogP contribution in [0.4, 0.5) is 18.9 Å². The number of halogens is 3. The Bertz CT molecular complexity index is 1380. The molecular formula is C33H38F3N3O2. The molecule has 0 unspecified atom stereocenters. The third-order valence-corrected chi connectivity index (χ3v) is 8.72. The van der Waals surface area contributed by atoms with Gasteiger partial charge in [0, 0.05) is 29.7 Å². The van der Waals surface area contributed by atoms with Crippen molar-refractivity contribution in [3.05, 3.63) is 88.7 Å². The van der Waals surface area contributed by atoms with E-state index in [0.29, 0.717) is 24.3 Å². The Hall–Kier alpha value is -3.36. The second kappa shape index (κ2) is 12.2. The third-order valence-electron chi connectivity index (χ3n) is 8.72. The molecule has 2 heterocycles. The summed E-state index contributed by atoms with van der Waals surface area (Å²) in [4.78, 5) is 13.0. The fourth-order valence-corrected chi connectivity index (χ4v) is 6.29. The zero-order valence-corrected chi connectivity index (χ0v) is 23.7. The van der Waals surface area contributed by atoms with E-state index in [-0.39, 0.29) is 22.5 Å². The minimum Gasteiger partial charge on any atom is -0.454 e. The number of carbonyl (C=O) groups is 1. The molecule has 5 nitrogen and oxygen atoms in total. The number of anilines is 1. The predicted octanol–water partition coefficient (Wildman–Crippen LogP) is 6.79. The molecule has 1 amide bonds.